The van der Waals surface area contributed by atoms with Crippen molar-refractivity contribution in [2.45, 2.75) is 90.4 Å². The molecular weight excluding hydrogens is 531 g/mol. The zero-order valence-electron chi connectivity index (χ0n) is 23.7. The summed E-state index contributed by atoms with van der Waals surface area (Å²) in [6, 6.07) is 15.8. The van der Waals surface area contributed by atoms with Crippen molar-refractivity contribution >= 4 is 22.6 Å². The van der Waals surface area contributed by atoms with Crippen molar-refractivity contribution in [3.05, 3.63) is 77.4 Å². The normalized spacial score (nSPS) is 11.5. The number of amides is 1. The molecule has 0 aliphatic heterocycles. The van der Waals surface area contributed by atoms with Crippen LogP contribution in [0.5, 0.6) is 5.75 Å². The van der Waals surface area contributed by atoms with Gasteiger partial charge in [-0.1, -0.05) is 113 Å². The summed E-state index contributed by atoms with van der Waals surface area (Å²) >= 11 is 0. The van der Waals surface area contributed by atoms with Crippen molar-refractivity contribution in [3.8, 4) is 5.75 Å². The molecule has 1 N–H and O–H groups in total. The van der Waals surface area contributed by atoms with Gasteiger partial charge in [0, 0.05) is 18.5 Å². The molecule has 0 fully saturated rings. The lowest BCUT2D eigenvalue weighted by Crippen LogP contribution is -2.36. The molecule has 0 bridgehead atoms. The molecule has 1 amide bonds. The number of ether oxygens (including phenoxy) is 1. The van der Waals surface area contributed by atoms with E-state index < -0.39 is 30.2 Å². The molecule has 3 aromatic rings. The van der Waals surface area contributed by atoms with Crippen molar-refractivity contribution in [3.63, 3.8) is 0 Å². The van der Waals surface area contributed by atoms with Crippen LogP contribution in [-0.2, 0) is 28.9 Å². The molecule has 0 unspecified atom stereocenters. The lowest BCUT2D eigenvalue weighted by molar-refractivity contribution is -0.156. The molecule has 0 saturated carbocycles. The number of unbranched alkanes of at least 4 members (excludes halogenated alkanes) is 9. The topological polar surface area (TPSA) is 66.8 Å². The number of rotatable bonds is 16. The fourth-order valence-electron chi connectivity index (χ4n) is 5.05. The van der Waals surface area contributed by atoms with E-state index in [0.29, 0.717) is 17.9 Å². The molecule has 5 nitrogen and oxygen atoms in total. The molecule has 0 atom stereocenters. The Labute approximate surface area is 240 Å². The van der Waals surface area contributed by atoms with Gasteiger partial charge in [0.15, 0.2) is 0 Å². The molecule has 8 heteroatoms. The van der Waals surface area contributed by atoms with Gasteiger partial charge in [-0.3, -0.25) is 4.79 Å². The molecule has 0 heterocycles. The minimum absolute atomic E-state index is 0.170. The van der Waals surface area contributed by atoms with Crippen LogP contribution in [0.25, 0.3) is 10.8 Å². The number of alkyl halides is 3. The average molecular weight is 572 g/mol. The Kier molecular flexibility index (Phi) is 12.5. The van der Waals surface area contributed by atoms with E-state index in [2.05, 4.69) is 6.92 Å². The quantitative estimate of drug-likeness (QED) is 0.138. The van der Waals surface area contributed by atoms with Crippen LogP contribution in [0.1, 0.15) is 87.8 Å². The van der Waals surface area contributed by atoms with Crippen LogP contribution in [0.2, 0.25) is 0 Å². The van der Waals surface area contributed by atoms with Crippen molar-refractivity contribution in [2.75, 3.05) is 6.61 Å². The molecule has 0 aliphatic rings. The Morgan fingerprint density at radius 3 is 1.93 bits per heavy atom. The summed E-state index contributed by atoms with van der Waals surface area (Å²) in [5.74, 6) is -2.32. The summed E-state index contributed by atoms with van der Waals surface area (Å²) in [6.45, 7) is 2.13. The number of carboxylic acids is 1. The predicted octanol–water partition coefficient (Wildman–Crippen LogP) is 8.77. The van der Waals surface area contributed by atoms with Crippen LogP contribution in [0.3, 0.4) is 0 Å². The van der Waals surface area contributed by atoms with Gasteiger partial charge in [-0.25, -0.2) is 4.79 Å². The molecule has 0 radical (unpaired) electrons. The highest BCUT2D eigenvalue weighted by molar-refractivity contribution is 6.31. The minimum Gasteiger partial charge on any atom is -0.493 e. The van der Waals surface area contributed by atoms with Crippen LogP contribution in [0.15, 0.2) is 60.7 Å². The molecule has 0 aliphatic carbocycles. The molecule has 0 saturated heterocycles. The number of benzene rings is 3. The van der Waals surface area contributed by atoms with Gasteiger partial charge in [0.05, 0.1) is 12.2 Å². The zero-order valence-corrected chi connectivity index (χ0v) is 23.7. The Morgan fingerprint density at radius 1 is 0.732 bits per heavy atom. The number of aliphatic carboxylic acids is 1. The van der Waals surface area contributed by atoms with Gasteiger partial charge in [0.1, 0.15) is 5.75 Å². The van der Waals surface area contributed by atoms with Crippen molar-refractivity contribution in [1.82, 2.24) is 4.90 Å². The van der Waals surface area contributed by atoms with Crippen LogP contribution in [0, 0.1) is 0 Å². The van der Waals surface area contributed by atoms with Crippen LogP contribution in [0.4, 0.5) is 13.2 Å². The summed E-state index contributed by atoms with van der Waals surface area (Å²) in [7, 11) is 0. The van der Waals surface area contributed by atoms with E-state index in [-0.39, 0.29) is 12.1 Å². The molecule has 0 aromatic heterocycles. The number of carboxylic acid groups (broad SMARTS) is 1. The molecule has 3 aromatic carbocycles. The van der Waals surface area contributed by atoms with E-state index in [1.54, 1.807) is 12.1 Å². The van der Waals surface area contributed by atoms with Gasteiger partial charge in [0.2, 0.25) is 0 Å². The molecule has 3 rings (SSSR count). The number of hydrogen-bond acceptors (Lipinski definition) is 3. The van der Waals surface area contributed by atoms with Gasteiger partial charge in [-0.2, -0.15) is 13.2 Å². The lowest BCUT2D eigenvalue weighted by atomic mass is 10.0. The largest absolute Gasteiger partial charge is 0.493 e. The number of halogens is 3. The summed E-state index contributed by atoms with van der Waals surface area (Å²) < 4.78 is 46.8. The average Bonchev–Trinajstić information content (AvgIpc) is 2.95. The van der Waals surface area contributed by atoms with Crippen LogP contribution >= 0.6 is 0 Å². The summed E-state index contributed by atoms with van der Waals surface area (Å²) in [5, 5.41) is 10.9. The lowest BCUT2D eigenvalue weighted by Gasteiger charge is -2.24. The van der Waals surface area contributed by atoms with Crippen molar-refractivity contribution < 1.29 is 32.6 Å². The molecule has 0 spiro atoms. The van der Waals surface area contributed by atoms with Crippen molar-refractivity contribution in [1.29, 1.82) is 0 Å². The zero-order chi connectivity index (χ0) is 29.7. The van der Waals surface area contributed by atoms with Gasteiger partial charge < -0.3 is 14.7 Å². The maximum atomic E-state index is 13.6. The Bertz CT molecular complexity index is 1270. The fourth-order valence-corrected chi connectivity index (χ4v) is 5.05. The third-order valence-corrected chi connectivity index (χ3v) is 7.25. The number of nitrogens with zero attached hydrogens (tertiary/aromatic N) is 1. The Balaban J connectivity index is 1.66. The van der Waals surface area contributed by atoms with Crippen LogP contribution < -0.4 is 4.74 Å². The fraction of sp³-hybridized carbons (Fsp3) is 0.455. The van der Waals surface area contributed by atoms with E-state index in [9.17, 15) is 27.9 Å². The first-order chi connectivity index (χ1) is 19.7. The smallest absolute Gasteiger partial charge is 0.416 e. The second-order valence-corrected chi connectivity index (χ2v) is 10.4. The summed E-state index contributed by atoms with van der Waals surface area (Å²) in [4.78, 5) is 25.1. The molecule has 41 heavy (non-hydrogen) atoms. The second kappa shape index (κ2) is 16.0. The summed E-state index contributed by atoms with van der Waals surface area (Å²) in [6.07, 6.45) is 7.64. The number of fused-ring (bicyclic) bond motifs is 1. The maximum absolute atomic E-state index is 13.6. The van der Waals surface area contributed by atoms with Crippen LogP contribution in [-0.4, -0.2) is 28.5 Å². The number of carbonyl (C=O) groups is 2. The third kappa shape index (κ3) is 9.80. The molecular formula is C33H40F3NO4. The van der Waals surface area contributed by atoms with Gasteiger partial charge in [0.25, 0.3) is 0 Å². The standard InChI is InChI=1S/C33H40F3NO4/c1-2-3-4-5-6-7-8-9-10-15-22-41-30-21-20-25(27-17-12-13-18-28(27)30)23-37(31(38)32(39)40)24-26-16-11-14-19-29(26)33(34,35)36/h11-14,16-21H,2-10,15,22-24H2,1H3,(H,39,40). The van der Waals surface area contributed by atoms with E-state index in [4.69, 9.17) is 4.74 Å². The first-order valence-corrected chi connectivity index (χ1v) is 14.5. The highest BCUT2D eigenvalue weighted by Gasteiger charge is 2.34. The highest BCUT2D eigenvalue weighted by atomic mass is 19.4. The number of carbonyl (C=O) groups excluding carboxylic acids is 1. The first kappa shape index (κ1) is 32.0. The second-order valence-electron chi connectivity index (χ2n) is 10.4. The first-order valence-electron chi connectivity index (χ1n) is 14.5. The number of hydrogen-bond donors (Lipinski definition) is 1. The van der Waals surface area contributed by atoms with Gasteiger partial charge in [-0.15, -0.1) is 0 Å². The van der Waals surface area contributed by atoms with Crippen molar-refractivity contribution in [2.24, 2.45) is 0 Å². The monoisotopic (exact) mass is 571 g/mol. The Hall–Kier alpha value is -3.55. The third-order valence-electron chi connectivity index (χ3n) is 7.25. The summed E-state index contributed by atoms with van der Waals surface area (Å²) in [5.41, 5.74) is -0.454. The predicted molar refractivity (Wildman–Crippen MR) is 155 cm³/mol. The van der Waals surface area contributed by atoms with E-state index >= 15 is 0 Å². The SMILES string of the molecule is CCCCCCCCCCCCOc1ccc(CN(Cc2ccccc2C(F)(F)F)C(=O)C(=O)O)c2ccccc12. The molecule has 222 valence electrons. The van der Waals surface area contributed by atoms with Gasteiger partial charge >= 0.3 is 18.1 Å². The van der Waals surface area contributed by atoms with Gasteiger partial charge in [-0.05, 0) is 35.1 Å². The van der Waals surface area contributed by atoms with E-state index in [1.165, 1.54) is 69.6 Å². The Morgan fingerprint density at radius 2 is 1.29 bits per heavy atom. The van der Waals surface area contributed by atoms with E-state index in [1.807, 2.05) is 24.3 Å². The maximum Gasteiger partial charge on any atom is 0.416 e. The van der Waals surface area contributed by atoms with E-state index in [0.717, 1.165) is 34.6 Å². The highest BCUT2D eigenvalue weighted by Crippen LogP contribution is 2.34. The minimum atomic E-state index is -4.63.